The molecule has 0 atom stereocenters. The van der Waals surface area contributed by atoms with Crippen LogP contribution in [0.4, 0.5) is 4.79 Å². The number of nitrogens with one attached hydrogen (secondary N) is 1. The zero-order chi connectivity index (χ0) is 10.4. The van der Waals surface area contributed by atoms with E-state index in [0.29, 0.717) is 12.5 Å². The third-order valence-electron chi connectivity index (χ3n) is 2.43. The summed E-state index contributed by atoms with van der Waals surface area (Å²) in [5, 5.41) is 3.18. The van der Waals surface area contributed by atoms with Crippen LogP contribution < -0.4 is 5.32 Å². The van der Waals surface area contributed by atoms with Crippen molar-refractivity contribution in [3.63, 3.8) is 0 Å². The molecule has 1 aliphatic rings. The molecule has 0 radical (unpaired) electrons. The Kier molecular flexibility index (Phi) is 4.73. The average Bonchev–Trinajstić information content (AvgIpc) is 2.11. The predicted octanol–water partition coefficient (Wildman–Crippen LogP) is 1.07. The Hall–Kier alpha value is -0.770. The highest BCUT2D eigenvalue weighted by Gasteiger charge is 2.21. The van der Waals surface area contributed by atoms with E-state index in [0.717, 1.165) is 32.5 Å². The molecule has 1 heterocycles. The molecule has 1 aliphatic heterocycles. The maximum absolute atomic E-state index is 11.4. The largest absolute Gasteiger partial charge is 0.449 e. The summed E-state index contributed by atoms with van der Waals surface area (Å²) >= 11 is 0. The number of amides is 1. The van der Waals surface area contributed by atoms with E-state index in [1.807, 2.05) is 0 Å². The highest BCUT2D eigenvalue weighted by Crippen LogP contribution is 2.05. The Morgan fingerprint density at radius 3 is 2.79 bits per heavy atom. The summed E-state index contributed by atoms with van der Waals surface area (Å²) in [6.45, 7) is 5.47. The van der Waals surface area contributed by atoms with E-state index in [1.165, 1.54) is 0 Å². The number of hydrogen-bond donors (Lipinski definition) is 1. The van der Waals surface area contributed by atoms with E-state index in [9.17, 15) is 4.79 Å². The number of hydrogen-bond acceptors (Lipinski definition) is 3. The lowest BCUT2D eigenvalue weighted by Crippen LogP contribution is -2.48. The second-order valence-electron chi connectivity index (χ2n) is 3.87. The molecule has 14 heavy (non-hydrogen) atoms. The molecule has 1 saturated heterocycles. The Balaban J connectivity index is 2.08. The minimum atomic E-state index is -0.189. The van der Waals surface area contributed by atoms with Gasteiger partial charge >= 0.3 is 6.09 Å². The van der Waals surface area contributed by atoms with Crippen molar-refractivity contribution < 1.29 is 9.53 Å². The molecule has 0 aromatic rings. The van der Waals surface area contributed by atoms with Crippen molar-refractivity contribution in [3.8, 4) is 0 Å². The fourth-order valence-corrected chi connectivity index (χ4v) is 1.35. The average molecular weight is 200 g/mol. The van der Waals surface area contributed by atoms with Crippen molar-refractivity contribution in [2.24, 2.45) is 5.92 Å². The first-order valence-electron chi connectivity index (χ1n) is 5.32. The molecule has 1 amide bonds. The molecule has 0 saturated carbocycles. The molecule has 0 unspecified atom stereocenters. The van der Waals surface area contributed by atoms with Gasteiger partial charge < -0.3 is 15.0 Å². The van der Waals surface area contributed by atoms with E-state index in [1.54, 1.807) is 11.9 Å². The minimum absolute atomic E-state index is 0.189. The monoisotopic (exact) mass is 200 g/mol. The van der Waals surface area contributed by atoms with E-state index >= 15 is 0 Å². The van der Waals surface area contributed by atoms with Crippen molar-refractivity contribution in [2.75, 3.05) is 33.3 Å². The van der Waals surface area contributed by atoms with Crippen molar-refractivity contribution in [3.05, 3.63) is 0 Å². The van der Waals surface area contributed by atoms with E-state index < -0.39 is 0 Å². The molecule has 0 bridgehead atoms. The normalized spacial score (nSPS) is 16.1. The molecule has 0 aromatic heterocycles. The van der Waals surface area contributed by atoms with Crippen molar-refractivity contribution in [1.82, 2.24) is 10.2 Å². The smallest absolute Gasteiger partial charge is 0.409 e. The maximum Gasteiger partial charge on any atom is 0.409 e. The van der Waals surface area contributed by atoms with Crippen LogP contribution in [0.2, 0.25) is 0 Å². The summed E-state index contributed by atoms with van der Waals surface area (Å²) in [6, 6.07) is 0. The Labute approximate surface area is 85.6 Å². The number of carbonyl (C=O) groups excluding carboxylic acids is 1. The Morgan fingerprint density at radius 1 is 1.57 bits per heavy atom. The molecule has 0 spiro atoms. The van der Waals surface area contributed by atoms with Crippen LogP contribution in [0.25, 0.3) is 0 Å². The Bertz CT molecular complexity index is 181. The minimum Gasteiger partial charge on any atom is -0.449 e. The van der Waals surface area contributed by atoms with Gasteiger partial charge in [-0.1, -0.05) is 13.3 Å². The summed E-state index contributed by atoms with van der Waals surface area (Å²) in [4.78, 5) is 13.0. The lowest BCUT2D eigenvalue weighted by atomic mass is 10.0. The molecule has 1 N–H and O–H groups in total. The van der Waals surface area contributed by atoms with Gasteiger partial charge in [0.25, 0.3) is 0 Å². The summed E-state index contributed by atoms with van der Waals surface area (Å²) in [5.74, 6) is 0.610. The fraction of sp³-hybridized carbons (Fsp3) is 0.900. The lowest BCUT2D eigenvalue weighted by Gasteiger charge is -2.30. The first-order chi connectivity index (χ1) is 6.74. The van der Waals surface area contributed by atoms with Crippen molar-refractivity contribution in [1.29, 1.82) is 0 Å². The van der Waals surface area contributed by atoms with Gasteiger partial charge in [0, 0.05) is 32.6 Å². The number of rotatable bonds is 5. The first-order valence-corrected chi connectivity index (χ1v) is 5.32. The third kappa shape index (κ3) is 3.54. The fourth-order valence-electron chi connectivity index (χ4n) is 1.35. The highest BCUT2D eigenvalue weighted by atomic mass is 16.6. The van der Waals surface area contributed by atoms with Crippen molar-refractivity contribution in [2.45, 2.75) is 19.8 Å². The first kappa shape index (κ1) is 11.3. The SMILES string of the molecule is CCCCOC(=O)N(C)CC1CNC1. The van der Waals surface area contributed by atoms with Crippen LogP contribution in [-0.4, -0.2) is 44.3 Å². The van der Waals surface area contributed by atoms with Gasteiger partial charge in [-0.25, -0.2) is 4.79 Å². The topological polar surface area (TPSA) is 41.6 Å². The van der Waals surface area contributed by atoms with Gasteiger partial charge in [0.1, 0.15) is 0 Å². The molecule has 0 aliphatic carbocycles. The zero-order valence-electron chi connectivity index (χ0n) is 9.08. The van der Waals surface area contributed by atoms with E-state index in [4.69, 9.17) is 4.74 Å². The Morgan fingerprint density at radius 2 is 2.29 bits per heavy atom. The van der Waals surface area contributed by atoms with Crippen LogP contribution in [0.5, 0.6) is 0 Å². The van der Waals surface area contributed by atoms with Crippen LogP contribution in [-0.2, 0) is 4.74 Å². The second-order valence-corrected chi connectivity index (χ2v) is 3.87. The van der Waals surface area contributed by atoms with Gasteiger partial charge in [-0.2, -0.15) is 0 Å². The van der Waals surface area contributed by atoms with E-state index in [2.05, 4.69) is 12.2 Å². The molecular formula is C10H20N2O2. The second kappa shape index (κ2) is 5.86. The molecule has 82 valence electrons. The summed E-state index contributed by atoms with van der Waals surface area (Å²) in [6.07, 6.45) is 1.82. The molecule has 1 rings (SSSR count). The van der Waals surface area contributed by atoms with Gasteiger partial charge in [-0.05, 0) is 6.42 Å². The summed E-state index contributed by atoms with van der Waals surface area (Å²) < 4.78 is 5.08. The number of nitrogens with zero attached hydrogens (tertiary/aromatic N) is 1. The van der Waals surface area contributed by atoms with Crippen LogP contribution >= 0.6 is 0 Å². The highest BCUT2D eigenvalue weighted by molar-refractivity contribution is 5.67. The quantitative estimate of drug-likeness (QED) is 0.675. The van der Waals surface area contributed by atoms with Crippen LogP contribution in [0.1, 0.15) is 19.8 Å². The van der Waals surface area contributed by atoms with Crippen molar-refractivity contribution >= 4 is 6.09 Å². The standard InChI is InChI=1S/C10H20N2O2/c1-3-4-5-14-10(13)12(2)8-9-6-11-7-9/h9,11H,3-8H2,1-2H3. The van der Waals surface area contributed by atoms with Gasteiger partial charge in [0.2, 0.25) is 0 Å². The maximum atomic E-state index is 11.4. The third-order valence-corrected chi connectivity index (χ3v) is 2.43. The number of unbranched alkanes of at least 4 members (excludes halogenated alkanes) is 1. The van der Waals surface area contributed by atoms with Gasteiger partial charge in [-0.15, -0.1) is 0 Å². The molecule has 4 heteroatoms. The predicted molar refractivity (Wildman–Crippen MR) is 55.2 cm³/mol. The van der Waals surface area contributed by atoms with Crippen LogP contribution in [0.3, 0.4) is 0 Å². The molecule has 0 aromatic carbocycles. The molecular weight excluding hydrogens is 180 g/mol. The number of carbonyl (C=O) groups is 1. The number of ether oxygens (including phenoxy) is 1. The van der Waals surface area contributed by atoms with Crippen LogP contribution in [0.15, 0.2) is 0 Å². The van der Waals surface area contributed by atoms with Crippen LogP contribution in [0, 0.1) is 5.92 Å². The molecule has 1 fully saturated rings. The summed E-state index contributed by atoms with van der Waals surface area (Å²) in [5.41, 5.74) is 0. The molecule has 4 nitrogen and oxygen atoms in total. The van der Waals surface area contributed by atoms with Gasteiger partial charge in [0.05, 0.1) is 6.61 Å². The lowest BCUT2D eigenvalue weighted by molar-refractivity contribution is 0.100. The van der Waals surface area contributed by atoms with Gasteiger partial charge in [0.15, 0.2) is 0 Å². The summed E-state index contributed by atoms with van der Waals surface area (Å²) in [7, 11) is 1.80. The van der Waals surface area contributed by atoms with Gasteiger partial charge in [-0.3, -0.25) is 0 Å². The zero-order valence-corrected chi connectivity index (χ0v) is 9.08. The van der Waals surface area contributed by atoms with E-state index in [-0.39, 0.29) is 6.09 Å².